The fraction of sp³-hybridized carbons (Fsp3) is 0.0909. The van der Waals surface area contributed by atoms with Crippen LogP contribution in [0.4, 0.5) is 5.95 Å². The highest BCUT2D eigenvalue weighted by Crippen LogP contribution is 2.28. The number of aromatic nitrogens is 2. The number of anilines is 1. The van der Waals surface area contributed by atoms with E-state index in [2.05, 4.69) is 9.97 Å². The molecule has 0 unspecified atom stereocenters. The first-order chi connectivity index (χ1) is 7.70. The normalized spacial score (nSPS) is 10.1. The van der Waals surface area contributed by atoms with Crippen LogP contribution in [0.5, 0.6) is 5.75 Å². The number of nitrogens with two attached hydrogens (primary N) is 1. The maximum Gasteiger partial charge on any atom is 0.221 e. The average Bonchev–Trinajstić information content (AvgIpc) is 2.29. The van der Waals surface area contributed by atoms with E-state index in [4.69, 9.17) is 22.1 Å². The number of methoxy groups -OCH3 is 1. The second-order valence-electron chi connectivity index (χ2n) is 3.16. The van der Waals surface area contributed by atoms with E-state index in [-0.39, 0.29) is 5.95 Å². The summed E-state index contributed by atoms with van der Waals surface area (Å²) in [5.41, 5.74) is 7.05. The van der Waals surface area contributed by atoms with Crippen molar-refractivity contribution in [3.63, 3.8) is 0 Å². The second kappa shape index (κ2) is 4.37. The van der Waals surface area contributed by atoms with Gasteiger partial charge in [0.25, 0.3) is 0 Å². The van der Waals surface area contributed by atoms with Crippen molar-refractivity contribution < 1.29 is 4.74 Å². The van der Waals surface area contributed by atoms with Crippen molar-refractivity contribution in [3.05, 3.63) is 35.6 Å². The molecular weight excluding hydrogens is 226 g/mol. The van der Waals surface area contributed by atoms with Gasteiger partial charge in [-0.15, -0.1) is 0 Å². The van der Waals surface area contributed by atoms with Crippen LogP contribution in [0.1, 0.15) is 0 Å². The fourth-order valence-electron chi connectivity index (χ4n) is 1.36. The Kier molecular flexibility index (Phi) is 2.92. The summed E-state index contributed by atoms with van der Waals surface area (Å²) in [4.78, 5) is 7.81. The number of hydrogen-bond acceptors (Lipinski definition) is 4. The van der Waals surface area contributed by atoms with Gasteiger partial charge in [-0.05, 0) is 17.7 Å². The molecule has 2 N–H and O–H groups in total. The van der Waals surface area contributed by atoms with Crippen LogP contribution in [0.15, 0.2) is 30.5 Å². The number of ether oxygens (including phenoxy) is 1. The molecule has 5 heteroatoms. The van der Waals surface area contributed by atoms with Crippen LogP contribution in [-0.2, 0) is 0 Å². The summed E-state index contributed by atoms with van der Waals surface area (Å²) in [6.07, 6.45) is 1.60. The van der Waals surface area contributed by atoms with Gasteiger partial charge >= 0.3 is 0 Å². The molecule has 2 aromatic rings. The van der Waals surface area contributed by atoms with Gasteiger partial charge < -0.3 is 10.5 Å². The molecule has 0 saturated carbocycles. The van der Waals surface area contributed by atoms with Crippen LogP contribution >= 0.6 is 11.6 Å². The fourth-order valence-corrected chi connectivity index (χ4v) is 1.60. The zero-order chi connectivity index (χ0) is 11.5. The van der Waals surface area contributed by atoms with Crippen molar-refractivity contribution in [2.24, 2.45) is 0 Å². The molecule has 1 heterocycles. The Hall–Kier alpha value is -1.81. The minimum Gasteiger partial charge on any atom is -0.497 e. The summed E-state index contributed by atoms with van der Waals surface area (Å²) in [7, 11) is 1.61. The highest BCUT2D eigenvalue weighted by molar-refractivity contribution is 6.32. The van der Waals surface area contributed by atoms with Gasteiger partial charge in [0.2, 0.25) is 5.95 Å². The van der Waals surface area contributed by atoms with Crippen LogP contribution < -0.4 is 10.5 Å². The third-order valence-electron chi connectivity index (χ3n) is 2.14. The lowest BCUT2D eigenvalue weighted by Crippen LogP contribution is -1.95. The van der Waals surface area contributed by atoms with Gasteiger partial charge in [0.1, 0.15) is 10.9 Å². The lowest BCUT2D eigenvalue weighted by molar-refractivity contribution is 0.415. The Morgan fingerprint density at radius 1 is 1.38 bits per heavy atom. The number of nitrogen functional groups attached to an aromatic ring is 1. The van der Waals surface area contributed by atoms with Crippen molar-refractivity contribution >= 4 is 17.5 Å². The van der Waals surface area contributed by atoms with E-state index in [1.807, 2.05) is 24.3 Å². The third kappa shape index (κ3) is 2.06. The van der Waals surface area contributed by atoms with Crippen LogP contribution in [-0.4, -0.2) is 17.1 Å². The van der Waals surface area contributed by atoms with E-state index in [0.29, 0.717) is 5.15 Å². The summed E-state index contributed by atoms with van der Waals surface area (Å²) >= 11 is 5.99. The lowest BCUT2D eigenvalue weighted by atomic mass is 10.1. The van der Waals surface area contributed by atoms with Gasteiger partial charge in [-0.2, -0.15) is 0 Å². The highest BCUT2D eigenvalue weighted by atomic mass is 35.5. The van der Waals surface area contributed by atoms with Gasteiger partial charge in [-0.3, -0.25) is 0 Å². The van der Waals surface area contributed by atoms with Gasteiger partial charge in [-0.25, -0.2) is 9.97 Å². The topological polar surface area (TPSA) is 61.0 Å². The van der Waals surface area contributed by atoms with Crippen LogP contribution in [0.3, 0.4) is 0 Å². The first kappa shape index (κ1) is 10.7. The molecule has 0 aliphatic rings. The summed E-state index contributed by atoms with van der Waals surface area (Å²) < 4.78 is 5.13. The molecule has 0 fully saturated rings. The summed E-state index contributed by atoms with van der Waals surface area (Å²) in [5.74, 6) is 0.919. The minimum absolute atomic E-state index is 0.164. The van der Waals surface area contributed by atoms with Crippen molar-refractivity contribution in [2.45, 2.75) is 0 Å². The molecule has 0 aliphatic carbocycles. The third-order valence-corrected chi connectivity index (χ3v) is 2.43. The quantitative estimate of drug-likeness (QED) is 0.812. The number of hydrogen-bond donors (Lipinski definition) is 1. The Morgan fingerprint density at radius 3 is 2.88 bits per heavy atom. The zero-order valence-electron chi connectivity index (χ0n) is 8.64. The molecule has 0 bridgehead atoms. The Labute approximate surface area is 98.0 Å². The zero-order valence-corrected chi connectivity index (χ0v) is 9.40. The molecule has 0 spiro atoms. The molecule has 0 radical (unpaired) electrons. The van der Waals surface area contributed by atoms with E-state index < -0.39 is 0 Å². The average molecular weight is 236 g/mol. The maximum atomic E-state index is 5.99. The Balaban J connectivity index is 2.49. The monoisotopic (exact) mass is 235 g/mol. The van der Waals surface area contributed by atoms with Crippen molar-refractivity contribution in [1.82, 2.24) is 9.97 Å². The smallest absolute Gasteiger partial charge is 0.221 e. The molecule has 1 aromatic carbocycles. The Morgan fingerprint density at radius 2 is 2.19 bits per heavy atom. The van der Waals surface area contributed by atoms with Gasteiger partial charge in [-0.1, -0.05) is 23.7 Å². The molecule has 2 rings (SSSR count). The first-order valence-corrected chi connectivity index (χ1v) is 5.01. The SMILES string of the molecule is COc1cccc(-c2cnc(N)nc2Cl)c1. The highest BCUT2D eigenvalue weighted by Gasteiger charge is 2.06. The van der Waals surface area contributed by atoms with Gasteiger partial charge in [0.15, 0.2) is 0 Å². The van der Waals surface area contributed by atoms with E-state index in [0.717, 1.165) is 16.9 Å². The van der Waals surface area contributed by atoms with Crippen LogP contribution in [0, 0.1) is 0 Å². The molecule has 82 valence electrons. The van der Waals surface area contributed by atoms with Crippen LogP contribution in [0.2, 0.25) is 5.15 Å². The summed E-state index contributed by atoms with van der Waals surface area (Å²) in [5, 5.41) is 0.334. The predicted octanol–water partition coefficient (Wildman–Crippen LogP) is 2.39. The number of halogens is 1. The maximum absolute atomic E-state index is 5.99. The van der Waals surface area contributed by atoms with E-state index >= 15 is 0 Å². The molecule has 16 heavy (non-hydrogen) atoms. The standard InChI is InChI=1S/C11H10ClN3O/c1-16-8-4-2-3-7(5-8)9-6-14-11(13)15-10(9)12/h2-6H,1H3,(H2,13,14,15). The molecule has 1 aromatic heterocycles. The van der Waals surface area contributed by atoms with E-state index in [1.54, 1.807) is 13.3 Å². The summed E-state index contributed by atoms with van der Waals surface area (Å²) in [6, 6.07) is 7.50. The number of rotatable bonds is 2. The summed E-state index contributed by atoms with van der Waals surface area (Å²) in [6.45, 7) is 0. The predicted molar refractivity (Wildman–Crippen MR) is 63.4 cm³/mol. The number of nitrogens with zero attached hydrogens (tertiary/aromatic N) is 2. The van der Waals surface area contributed by atoms with Crippen molar-refractivity contribution in [2.75, 3.05) is 12.8 Å². The molecule has 0 atom stereocenters. The van der Waals surface area contributed by atoms with Crippen LogP contribution in [0.25, 0.3) is 11.1 Å². The molecule has 0 amide bonds. The lowest BCUT2D eigenvalue weighted by Gasteiger charge is -2.05. The van der Waals surface area contributed by atoms with E-state index in [9.17, 15) is 0 Å². The number of benzene rings is 1. The van der Waals surface area contributed by atoms with Gasteiger partial charge in [0.05, 0.1) is 7.11 Å². The first-order valence-electron chi connectivity index (χ1n) is 4.63. The molecule has 0 saturated heterocycles. The van der Waals surface area contributed by atoms with Crippen molar-refractivity contribution in [1.29, 1.82) is 0 Å². The molecular formula is C11H10ClN3O. The minimum atomic E-state index is 0.164. The largest absolute Gasteiger partial charge is 0.497 e. The Bertz CT molecular complexity index is 516. The van der Waals surface area contributed by atoms with E-state index in [1.165, 1.54) is 0 Å². The molecule has 4 nitrogen and oxygen atoms in total. The molecule has 0 aliphatic heterocycles. The van der Waals surface area contributed by atoms with Crippen molar-refractivity contribution in [3.8, 4) is 16.9 Å². The second-order valence-corrected chi connectivity index (χ2v) is 3.52. The van der Waals surface area contributed by atoms with Gasteiger partial charge in [0, 0.05) is 11.8 Å².